The molecule has 1 aromatic carbocycles. The van der Waals surface area contributed by atoms with Crippen LogP contribution in [-0.2, 0) is 4.79 Å². The maximum Gasteiger partial charge on any atom is 0.326 e. The minimum absolute atomic E-state index is 0.358. The number of hydrogen-bond acceptors (Lipinski definition) is 2. The lowest BCUT2D eigenvalue weighted by Gasteiger charge is -2.15. The van der Waals surface area contributed by atoms with Crippen LogP contribution in [-0.4, -0.2) is 17.1 Å². The molecule has 0 fully saturated rings. The Morgan fingerprint density at radius 3 is 2.69 bits per heavy atom. The molecule has 0 saturated heterocycles. The van der Waals surface area contributed by atoms with Crippen LogP contribution in [0.15, 0.2) is 18.2 Å². The molecule has 2 N–H and O–H groups in total. The average molecular weight is 225 g/mol. The minimum Gasteiger partial charge on any atom is -0.480 e. The van der Waals surface area contributed by atoms with Crippen LogP contribution in [0.3, 0.4) is 0 Å². The predicted octanol–water partition coefficient (Wildman–Crippen LogP) is 2.80. The lowest BCUT2D eigenvalue weighted by Crippen LogP contribution is -2.28. The summed E-state index contributed by atoms with van der Waals surface area (Å²) >= 11 is 0. The van der Waals surface area contributed by atoms with Crippen molar-refractivity contribution in [1.82, 2.24) is 0 Å². The molecule has 0 radical (unpaired) electrons. The van der Waals surface area contributed by atoms with Crippen LogP contribution in [0.4, 0.5) is 10.1 Å². The number of carboxylic acid groups (broad SMARTS) is 1. The van der Waals surface area contributed by atoms with Gasteiger partial charge in [-0.1, -0.05) is 13.3 Å². The van der Waals surface area contributed by atoms with Crippen LogP contribution in [0.5, 0.6) is 0 Å². The van der Waals surface area contributed by atoms with E-state index in [4.69, 9.17) is 5.11 Å². The molecule has 1 aromatic rings. The van der Waals surface area contributed by atoms with E-state index < -0.39 is 12.0 Å². The third-order valence-corrected chi connectivity index (χ3v) is 2.26. The maximum absolute atomic E-state index is 13.1. The molecular formula is C12H16FNO2. The second-order valence-corrected chi connectivity index (χ2v) is 3.84. The van der Waals surface area contributed by atoms with E-state index in [9.17, 15) is 9.18 Å². The summed E-state index contributed by atoms with van der Waals surface area (Å²) in [6, 6.07) is 3.78. The van der Waals surface area contributed by atoms with E-state index in [1.165, 1.54) is 12.1 Å². The topological polar surface area (TPSA) is 49.3 Å². The van der Waals surface area contributed by atoms with Crippen molar-refractivity contribution in [2.24, 2.45) is 0 Å². The van der Waals surface area contributed by atoms with E-state index in [1.54, 1.807) is 13.0 Å². The summed E-state index contributed by atoms with van der Waals surface area (Å²) in [6.45, 7) is 3.68. The highest BCUT2D eigenvalue weighted by atomic mass is 19.1. The van der Waals surface area contributed by atoms with Gasteiger partial charge in [0.1, 0.15) is 11.9 Å². The Labute approximate surface area is 94.3 Å². The van der Waals surface area contributed by atoms with E-state index in [-0.39, 0.29) is 5.82 Å². The molecule has 0 saturated carbocycles. The van der Waals surface area contributed by atoms with Crippen molar-refractivity contribution in [2.45, 2.75) is 32.7 Å². The van der Waals surface area contributed by atoms with Crippen LogP contribution in [0.25, 0.3) is 0 Å². The van der Waals surface area contributed by atoms with E-state index >= 15 is 0 Å². The van der Waals surface area contributed by atoms with Gasteiger partial charge in [0.15, 0.2) is 0 Å². The summed E-state index contributed by atoms with van der Waals surface area (Å²) in [7, 11) is 0. The molecule has 0 bridgehead atoms. The number of nitrogens with one attached hydrogen (secondary N) is 1. The summed E-state index contributed by atoms with van der Waals surface area (Å²) < 4.78 is 13.1. The Bertz CT molecular complexity index is 359. The van der Waals surface area contributed by atoms with Gasteiger partial charge in [0.05, 0.1) is 0 Å². The summed E-state index contributed by atoms with van der Waals surface area (Å²) in [6.07, 6.45) is 1.28. The molecule has 0 spiro atoms. The fourth-order valence-corrected chi connectivity index (χ4v) is 1.57. The lowest BCUT2D eigenvalue weighted by molar-refractivity contribution is -0.138. The highest BCUT2D eigenvalue weighted by Crippen LogP contribution is 2.15. The molecule has 0 heterocycles. The van der Waals surface area contributed by atoms with Crippen LogP contribution < -0.4 is 5.32 Å². The van der Waals surface area contributed by atoms with Gasteiger partial charge in [0, 0.05) is 5.69 Å². The predicted molar refractivity (Wildman–Crippen MR) is 61.1 cm³/mol. The first-order chi connectivity index (χ1) is 7.52. The molecule has 88 valence electrons. The largest absolute Gasteiger partial charge is 0.480 e. The standard InChI is InChI=1S/C12H16FNO2/c1-3-4-11(12(15)16)14-10-6-8(2)5-9(13)7-10/h5-7,11,14H,3-4H2,1-2H3,(H,15,16). The summed E-state index contributed by atoms with van der Waals surface area (Å²) in [5.41, 5.74) is 1.28. The molecule has 0 aromatic heterocycles. The summed E-state index contributed by atoms with van der Waals surface area (Å²) in [5.74, 6) is -1.27. The van der Waals surface area contributed by atoms with Gasteiger partial charge in [-0.05, 0) is 37.1 Å². The molecule has 0 aliphatic carbocycles. The molecule has 0 aliphatic rings. The number of anilines is 1. The maximum atomic E-state index is 13.1. The van der Waals surface area contributed by atoms with E-state index in [0.717, 1.165) is 12.0 Å². The molecule has 3 nitrogen and oxygen atoms in total. The van der Waals surface area contributed by atoms with Crippen molar-refractivity contribution in [3.05, 3.63) is 29.6 Å². The van der Waals surface area contributed by atoms with Gasteiger partial charge in [-0.3, -0.25) is 0 Å². The highest BCUT2D eigenvalue weighted by Gasteiger charge is 2.15. The summed E-state index contributed by atoms with van der Waals surface area (Å²) in [5, 5.41) is 11.8. The second-order valence-electron chi connectivity index (χ2n) is 3.84. The van der Waals surface area contributed by atoms with E-state index in [1.807, 2.05) is 6.92 Å². The van der Waals surface area contributed by atoms with Crippen molar-refractivity contribution < 1.29 is 14.3 Å². The number of hydrogen-bond donors (Lipinski definition) is 2. The van der Waals surface area contributed by atoms with Crippen molar-refractivity contribution >= 4 is 11.7 Å². The molecule has 1 rings (SSSR count). The lowest BCUT2D eigenvalue weighted by atomic mass is 10.1. The van der Waals surface area contributed by atoms with Crippen LogP contribution in [0.2, 0.25) is 0 Å². The molecule has 1 unspecified atom stereocenters. The fourth-order valence-electron chi connectivity index (χ4n) is 1.57. The van der Waals surface area contributed by atoms with Gasteiger partial charge < -0.3 is 10.4 Å². The zero-order valence-corrected chi connectivity index (χ0v) is 9.46. The van der Waals surface area contributed by atoms with Gasteiger partial charge in [-0.2, -0.15) is 0 Å². The molecule has 4 heteroatoms. The van der Waals surface area contributed by atoms with Crippen molar-refractivity contribution in [2.75, 3.05) is 5.32 Å². The van der Waals surface area contributed by atoms with E-state index in [0.29, 0.717) is 12.1 Å². The van der Waals surface area contributed by atoms with Gasteiger partial charge in [-0.25, -0.2) is 9.18 Å². The molecule has 1 atom stereocenters. The minimum atomic E-state index is -0.913. The number of halogens is 1. The number of carbonyl (C=O) groups is 1. The van der Waals surface area contributed by atoms with Crippen LogP contribution >= 0.6 is 0 Å². The second kappa shape index (κ2) is 5.49. The molecule has 16 heavy (non-hydrogen) atoms. The Kier molecular flexibility index (Phi) is 4.28. The van der Waals surface area contributed by atoms with Gasteiger partial charge in [-0.15, -0.1) is 0 Å². The molecule has 0 aliphatic heterocycles. The van der Waals surface area contributed by atoms with Gasteiger partial charge in [0.25, 0.3) is 0 Å². The third kappa shape index (κ3) is 3.53. The normalized spacial score (nSPS) is 12.2. The smallest absolute Gasteiger partial charge is 0.326 e. The number of aryl methyl sites for hydroxylation is 1. The number of aliphatic carboxylic acids is 1. The first-order valence-corrected chi connectivity index (χ1v) is 5.29. The third-order valence-electron chi connectivity index (χ3n) is 2.26. The Morgan fingerprint density at radius 2 is 2.19 bits per heavy atom. The zero-order valence-electron chi connectivity index (χ0n) is 9.46. The first kappa shape index (κ1) is 12.5. The Morgan fingerprint density at radius 1 is 1.50 bits per heavy atom. The SMILES string of the molecule is CCCC(Nc1cc(C)cc(F)c1)C(=O)O. The number of benzene rings is 1. The first-order valence-electron chi connectivity index (χ1n) is 5.29. The van der Waals surface area contributed by atoms with Gasteiger partial charge >= 0.3 is 5.97 Å². The fraction of sp³-hybridized carbons (Fsp3) is 0.417. The monoisotopic (exact) mass is 225 g/mol. The van der Waals surface area contributed by atoms with E-state index in [2.05, 4.69) is 5.32 Å². The zero-order chi connectivity index (χ0) is 12.1. The van der Waals surface area contributed by atoms with Crippen LogP contribution in [0.1, 0.15) is 25.3 Å². The van der Waals surface area contributed by atoms with Crippen molar-refractivity contribution in [3.63, 3.8) is 0 Å². The molecule has 0 amide bonds. The van der Waals surface area contributed by atoms with Crippen LogP contribution in [0, 0.1) is 12.7 Å². The average Bonchev–Trinajstić information content (AvgIpc) is 2.15. The quantitative estimate of drug-likeness (QED) is 0.810. The number of rotatable bonds is 5. The highest BCUT2D eigenvalue weighted by molar-refractivity contribution is 5.77. The number of carboxylic acids is 1. The Hall–Kier alpha value is -1.58. The molecular weight excluding hydrogens is 209 g/mol. The van der Waals surface area contributed by atoms with Gasteiger partial charge in [0.2, 0.25) is 0 Å². The van der Waals surface area contributed by atoms with Crippen molar-refractivity contribution in [3.8, 4) is 0 Å². The summed E-state index contributed by atoms with van der Waals surface area (Å²) in [4.78, 5) is 10.9. The Balaban J connectivity index is 2.80. The van der Waals surface area contributed by atoms with Crippen molar-refractivity contribution in [1.29, 1.82) is 0 Å².